The smallest absolute Gasteiger partial charge is 0.286 e. The molecular formula is C14H13ClFN3O3. The highest BCUT2D eigenvalue weighted by Crippen LogP contribution is 2.24. The van der Waals surface area contributed by atoms with Crippen molar-refractivity contribution in [3.05, 3.63) is 53.1 Å². The lowest BCUT2D eigenvalue weighted by Gasteiger charge is -2.09. The number of halogens is 2. The Morgan fingerprint density at radius 3 is 2.77 bits per heavy atom. The van der Waals surface area contributed by atoms with Crippen LogP contribution in [0.4, 0.5) is 4.39 Å². The third-order valence-electron chi connectivity index (χ3n) is 2.64. The maximum Gasteiger partial charge on any atom is 0.286 e. The fourth-order valence-electron chi connectivity index (χ4n) is 1.57. The Labute approximate surface area is 130 Å². The second kappa shape index (κ2) is 7.46. The summed E-state index contributed by atoms with van der Waals surface area (Å²) in [6.07, 6.45) is 1.59. The van der Waals surface area contributed by atoms with E-state index in [0.29, 0.717) is 5.69 Å². The molecule has 22 heavy (non-hydrogen) atoms. The van der Waals surface area contributed by atoms with Crippen LogP contribution in [-0.2, 0) is 4.79 Å². The van der Waals surface area contributed by atoms with Gasteiger partial charge < -0.3 is 9.72 Å². The number of amides is 2. The van der Waals surface area contributed by atoms with Crippen LogP contribution in [0.1, 0.15) is 16.9 Å². The maximum absolute atomic E-state index is 12.8. The van der Waals surface area contributed by atoms with Crippen molar-refractivity contribution in [3.63, 3.8) is 0 Å². The normalized spacial score (nSPS) is 10.1. The van der Waals surface area contributed by atoms with E-state index in [2.05, 4.69) is 15.8 Å². The fraction of sp³-hybridized carbons (Fsp3) is 0.143. The first kappa shape index (κ1) is 15.8. The molecule has 0 bridgehead atoms. The summed E-state index contributed by atoms with van der Waals surface area (Å²) in [6, 6.07) is 6.94. The molecular weight excluding hydrogens is 313 g/mol. The Hall–Kier alpha value is -2.54. The van der Waals surface area contributed by atoms with Gasteiger partial charge in [-0.2, -0.15) is 0 Å². The molecule has 8 heteroatoms. The molecule has 2 rings (SSSR count). The number of benzene rings is 1. The molecule has 0 atom stereocenters. The minimum Gasteiger partial charge on any atom is -0.491 e. The van der Waals surface area contributed by atoms with E-state index in [1.54, 1.807) is 18.3 Å². The number of nitrogens with one attached hydrogen (secondary N) is 3. The van der Waals surface area contributed by atoms with Gasteiger partial charge in [-0.05, 0) is 30.3 Å². The van der Waals surface area contributed by atoms with E-state index in [0.717, 1.165) is 6.07 Å². The van der Waals surface area contributed by atoms with Crippen molar-refractivity contribution in [3.8, 4) is 5.75 Å². The van der Waals surface area contributed by atoms with Crippen LogP contribution in [0.2, 0.25) is 5.02 Å². The molecule has 1 aromatic carbocycles. The predicted octanol–water partition coefficient (Wildman–Crippen LogP) is 2.04. The Bertz CT molecular complexity index is 661. The van der Waals surface area contributed by atoms with E-state index in [1.807, 2.05) is 0 Å². The molecule has 0 fully saturated rings. The maximum atomic E-state index is 12.8. The molecule has 2 amide bonds. The van der Waals surface area contributed by atoms with Gasteiger partial charge in [-0.1, -0.05) is 11.6 Å². The number of H-pyrrole nitrogens is 1. The van der Waals surface area contributed by atoms with Gasteiger partial charge in [0.1, 0.15) is 17.3 Å². The van der Waals surface area contributed by atoms with Crippen LogP contribution in [0.15, 0.2) is 36.5 Å². The zero-order chi connectivity index (χ0) is 15.9. The van der Waals surface area contributed by atoms with Crippen molar-refractivity contribution < 1.29 is 18.7 Å². The Kier molecular flexibility index (Phi) is 5.37. The van der Waals surface area contributed by atoms with E-state index in [1.165, 1.54) is 12.1 Å². The standard InChI is InChI=1S/C14H13ClFN3O3/c15-10-8-9(16)3-4-12(10)22-7-5-13(20)18-19-14(21)11-2-1-6-17-11/h1-4,6,8,17H,5,7H2,(H,18,20)(H,19,21). The van der Waals surface area contributed by atoms with E-state index in [9.17, 15) is 14.0 Å². The van der Waals surface area contributed by atoms with E-state index in [-0.39, 0.29) is 23.8 Å². The Morgan fingerprint density at radius 1 is 1.27 bits per heavy atom. The molecule has 1 heterocycles. The highest BCUT2D eigenvalue weighted by atomic mass is 35.5. The summed E-state index contributed by atoms with van der Waals surface area (Å²) < 4.78 is 18.1. The molecule has 3 N–H and O–H groups in total. The average molecular weight is 326 g/mol. The average Bonchev–Trinajstić information content (AvgIpc) is 3.01. The van der Waals surface area contributed by atoms with Crippen LogP contribution in [0.25, 0.3) is 0 Å². The molecule has 1 aromatic heterocycles. The second-order valence-corrected chi connectivity index (χ2v) is 4.67. The largest absolute Gasteiger partial charge is 0.491 e. The van der Waals surface area contributed by atoms with Crippen LogP contribution < -0.4 is 15.6 Å². The monoisotopic (exact) mass is 325 g/mol. The number of carbonyl (C=O) groups excluding carboxylic acids is 2. The number of aromatic amines is 1. The zero-order valence-corrected chi connectivity index (χ0v) is 12.1. The minimum atomic E-state index is -0.470. The number of hydrazine groups is 1. The number of rotatable bonds is 5. The van der Waals surface area contributed by atoms with E-state index < -0.39 is 17.6 Å². The molecule has 0 spiro atoms. The minimum absolute atomic E-state index is 0.00128. The van der Waals surface area contributed by atoms with Crippen molar-refractivity contribution in [2.75, 3.05) is 6.61 Å². The van der Waals surface area contributed by atoms with Crippen LogP contribution in [0.3, 0.4) is 0 Å². The van der Waals surface area contributed by atoms with Gasteiger partial charge >= 0.3 is 0 Å². The van der Waals surface area contributed by atoms with E-state index in [4.69, 9.17) is 16.3 Å². The van der Waals surface area contributed by atoms with Gasteiger partial charge in [-0.25, -0.2) is 4.39 Å². The molecule has 0 aliphatic carbocycles. The molecule has 0 saturated heterocycles. The molecule has 116 valence electrons. The number of aromatic nitrogens is 1. The van der Waals surface area contributed by atoms with Crippen molar-refractivity contribution in [1.29, 1.82) is 0 Å². The molecule has 0 saturated carbocycles. The zero-order valence-electron chi connectivity index (χ0n) is 11.4. The highest BCUT2D eigenvalue weighted by molar-refractivity contribution is 6.32. The third kappa shape index (κ3) is 4.49. The lowest BCUT2D eigenvalue weighted by Crippen LogP contribution is -2.42. The van der Waals surface area contributed by atoms with Gasteiger partial charge in [0.05, 0.1) is 18.1 Å². The number of hydrogen-bond donors (Lipinski definition) is 3. The second-order valence-electron chi connectivity index (χ2n) is 4.26. The lowest BCUT2D eigenvalue weighted by molar-refractivity contribution is -0.122. The first-order valence-electron chi connectivity index (χ1n) is 6.36. The van der Waals surface area contributed by atoms with Crippen LogP contribution in [-0.4, -0.2) is 23.4 Å². The van der Waals surface area contributed by atoms with Gasteiger partial charge in [0.15, 0.2) is 0 Å². The summed E-state index contributed by atoms with van der Waals surface area (Å²) in [5.41, 5.74) is 4.83. The summed E-state index contributed by atoms with van der Waals surface area (Å²) in [5, 5.41) is 0.125. The van der Waals surface area contributed by atoms with Crippen molar-refractivity contribution in [2.24, 2.45) is 0 Å². The first-order valence-corrected chi connectivity index (χ1v) is 6.74. The third-order valence-corrected chi connectivity index (χ3v) is 2.93. The first-order chi connectivity index (χ1) is 10.6. The lowest BCUT2D eigenvalue weighted by atomic mass is 10.3. The van der Waals surface area contributed by atoms with Gasteiger partial charge in [0, 0.05) is 6.20 Å². The van der Waals surface area contributed by atoms with Gasteiger partial charge in [-0.15, -0.1) is 0 Å². The van der Waals surface area contributed by atoms with Gasteiger partial charge in [0.25, 0.3) is 5.91 Å². The molecule has 2 aromatic rings. The molecule has 0 aliphatic heterocycles. The van der Waals surface area contributed by atoms with Crippen LogP contribution in [0.5, 0.6) is 5.75 Å². The van der Waals surface area contributed by atoms with Crippen LogP contribution in [0, 0.1) is 5.82 Å². The summed E-state index contributed by atoms with van der Waals surface area (Å²) >= 11 is 5.78. The van der Waals surface area contributed by atoms with Crippen molar-refractivity contribution in [1.82, 2.24) is 15.8 Å². The number of carbonyl (C=O) groups is 2. The SMILES string of the molecule is O=C(CCOc1ccc(F)cc1Cl)NNC(=O)c1ccc[nH]1. The molecule has 6 nitrogen and oxygen atoms in total. The summed E-state index contributed by atoms with van der Waals surface area (Å²) in [6.45, 7) is 0.0373. The topological polar surface area (TPSA) is 83.2 Å². The predicted molar refractivity (Wildman–Crippen MR) is 77.9 cm³/mol. The Morgan fingerprint density at radius 2 is 2.09 bits per heavy atom. The highest BCUT2D eigenvalue weighted by Gasteiger charge is 2.08. The molecule has 0 radical (unpaired) electrons. The Balaban J connectivity index is 1.70. The summed E-state index contributed by atoms with van der Waals surface area (Å²) in [7, 11) is 0. The van der Waals surface area contributed by atoms with Gasteiger partial charge in [-0.3, -0.25) is 20.4 Å². The number of hydrogen-bond acceptors (Lipinski definition) is 3. The van der Waals surface area contributed by atoms with Crippen molar-refractivity contribution in [2.45, 2.75) is 6.42 Å². The summed E-state index contributed by atoms with van der Waals surface area (Å²) in [4.78, 5) is 25.8. The quantitative estimate of drug-likeness (QED) is 0.736. The van der Waals surface area contributed by atoms with Gasteiger partial charge in [0.2, 0.25) is 5.91 Å². The van der Waals surface area contributed by atoms with Crippen molar-refractivity contribution >= 4 is 23.4 Å². The molecule has 0 aliphatic rings. The number of ether oxygens (including phenoxy) is 1. The molecule has 0 unspecified atom stereocenters. The summed E-state index contributed by atoms with van der Waals surface area (Å²) in [5.74, 6) is -1.08. The fourth-order valence-corrected chi connectivity index (χ4v) is 1.80. The van der Waals surface area contributed by atoms with E-state index >= 15 is 0 Å². The van der Waals surface area contributed by atoms with Crippen LogP contribution >= 0.6 is 11.6 Å².